The Balaban J connectivity index is 3.70. The first-order chi connectivity index (χ1) is 5.68. The summed E-state index contributed by atoms with van der Waals surface area (Å²) in [5, 5.41) is 26.7. The van der Waals surface area contributed by atoms with Crippen LogP contribution in [-0.4, -0.2) is 40.9 Å². The second-order valence-corrected chi connectivity index (χ2v) is 2.78. The highest BCUT2D eigenvalue weighted by molar-refractivity contribution is 4.65. The molecule has 0 aromatic heterocycles. The van der Waals surface area contributed by atoms with Gasteiger partial charge in [-0.3, -0.25) is 0 Å². The number of ether oxygens (including phenoxy) is 1. The van der Waals surface area contributed by atoms with Crippen molar-refractivity contribution in [1.29, 1.82) is 0 Å². The number of hydrogen-bond donors (Lipinski definition) is 3. The van der Waals surface area contributed by atoms with Gasteiger partial charge in [0.25, 0.3) is 0 Å². The highest BCUT2D eigenvalue weighted by atomic mass is 16.6. The van der Waals surface area contributed by atoms with E-state index >= 15 is 0 Å². The highest BCUT2D eigenvalue weighted by Crippen LogP contribution is 2.14. The minimum atomic E-state index is -1.46. The van der Waals surface area contributed by atoms with E-state index in [1.807, 2.05) is 6.92 Å². The largest absolute Gasteiger partial charge is 0.394 e. The van der Waals surface area contributed by atoms with Gasteiger partial charge in [0.15, 0.2) is 5.79 Å². The lowest BCUT2D eigenvalue weighted by molar-refractivity contribution is -0.231. The van der Waals surface area contributed by atoms with Crippen molar-refractivity contribution in [3.05, 3.63) is 0 Å². The van der Waals surface area contributed by atoms with Gasteiger partial charge in [0.05, 0.1) is 19.8 Å². The number of aliphatic hydroxyl groups excluding tert-OH is 2. The van der Waals surface area contributed by atoms with Gasteiger partial charge in [-0.25, -0.2) is 0 Å². The SMILES string of the molecule is CCCCC(O)(CO)OCCO. The van der Waals surface area contributed by atoms with Gasteiger partial charge in [-0.1, -0.05) is 13.3 Å². The lowest BCUT2D eigenvalue weighted by atomic mass is 10.1. The average molecular weight is 178 g/mol. The molecule has 0 heterocycles. The molecule has 0 aliphatic heterocycles. The van der Waals surface area contributed by atoms with Crippen molar-refractivity contribution in [3.8, 4) is 0 Å². The maximum absolute atomic E-state index is 9.50. The molecular formula is C8H18O4. The standard InChI is InChI=1S/C8H18O4/c1-2-3-4-8(11,7-10)12-6-5-9/h9-11H,2-7H2,1H3. The second kappa shape index (κ2) is 6.37. The van der Waals surface area contributed by atoms with Gasteiger partial charge in [0.2, 0.25) is 0 Å². The molecule has 0 radical (unpaired) electrons. The van der Waals surface area contributed by atoms with Crippen LogP contribution in [0.2, 0.25) is 0 Å². The van der Waals surface area contributed by atoms with Crippen molar-refractivity contribution in [1.82, 2.24) is 0 Å². The van der Waals surface area contributed by atoms with E-state index < -0.39 is 12.4 Å². The number of hydrogen-bond acceptors (Lipinski definition) is 4. The molecule has 0 aliphatic rings. The quantitative estimate of drug-likeness (QED) is 0.475. The summed E-state index contributed by atoms with van der Waals surface area (Å²) in [4.78, 5) is 0. The van der Waals surface area contributed by atoms with Crippen LogP contribution in [0.4, 0.5) is 0 Å². The summed E-state index contributed by atoms with van der Waals surface area (Å²) in [5.74, 6) is -1.46. The first-order valence-electron chi connectivity index (χ1n) is 4.26. The Hall–Kier alpha value is -0.160. The lowest BCUT2D eigenvalue weighted by Crippen LogP contribution is -2.37. The molecule has 0 amide bonds. The third-order valence-electron chi connectivity index (χ3n) is 1.63. The van der Waals surface area contributed by atoms with Gasteiger partial charge in [0, 0.05) is 6.42 Å². The molecule has 0 saturated carbocycles. The molecule has 4 heteroatoms. The second-order valence-electron chi connectivity index (χ2n) is 2.78. The lowest BCUT2D eigenvalue weighted by Gasteiger charge is -2.25. The van der Waals surface area contributed by atoms with E-state index in [-0.39, 0.29) is 13.2 Å². The fraction of sp³-hybridized carbons (Fsp3) is 1.00. The first-order valence-corrected chi connectivity index (χ1v) is 4.26. The Morgan fingerprint density at radius 2 is 2.00 bits per heavy atom. The Labute approximate surface area is 72.8 Å². The fourth-order valence-corrected chi connectivity index (χ4v) is 0.885. The average Bonchev–Trinajstić information content (AvgIpc) is 2.11. The van der Waals surface area contributed by atoms with Gasteiger partial charge in [-0.05, 0) is 6.42 Å². The summed E-state index contributed by atoms with van der Waals surface area (Å²) < 4.78 is 4.89. The van der Waals surface area contributed by atoms with Crippen molar-refractivity contribution in [2.75, 3.05) is 19.8 Å². The van der Waals surface area contributed by atoms with Crippen LogP contribution in [-0.2, 0) is 4.74 Å². The normalized spacial score (nSPS) is 16.0. The third kappa shape index (κ3) is 4.66. The molecular weight excluding hydrogens is 160 g/mol. The monoisotopic (exact) mass is 178 g/mol. The topological polar surface area (TPSA) is 69.9 Å². The van der Waals surface area contributed by atoms with Crippen molar-refractivity contribution < 1.29 is 20.1 Å². The molecule has 0 aliphatic carbocycles. The molecule has 0 saturated heterocycles. The smallest absolute Gasteiger partial charge is 0.189 e. The zero-order valence-corrected chi connectivity index (χ0v) is 7.49. The molecule has 0 aromatic rings. The molecule has 12 heavy (non-hydrogen) atoms. The van der Waals surface area contributed by atoms with Crippen molar-refractivity contribution in [2.24, 2.45) is 0 Å². The molecule has 1 unspecified atom stereocenters. The van der Waals surface area contributed by atoms with Crippen LogP contribution in [0.25, 0.3) is 0 Å². The zero-order chi connectivity index (χ0) is 9.45. The van der Waals surface area contributed by atoms with E-state index in [0.29, 0.717) is 6.42 Å². The Morgan fingerprint density at radius 3 is 2.42 bits per heavy atom. The highest BCUT2D eigenvalue weighted by Gasteiger charge is 2.25. The third-order valence-corrected chi connectivity index (χ3v) is 1.63. The van der Waals surface area contributed by atoms with Gasteiger partial charge in [-0.15, -0.1) is 0 Å². The Morgan fingerprint density at radius 1 is 1.33 bits per heavy atom. The van der Waals surface area contributed by atoms with Crippen molar-refractivity contribution in [3.63, 3.8) is 0 Å². The summed E-state index contributed by atoms with van der Waals surface area (Å²) in [6, 6.07) is 0. The predicted octanol–water partition coefficient (Wildman–Crippen LogP) is -0.134. The van der Waals surface area contributed by atoms with Crippen LogP contribution in [0, 0.1) is 0 Å². The molecule has 1 atom stereocenters. The summed E-state index contributed by atoms with van der Waals surface area (Å²) in [6.07, 6.45) is 2.13. The maximum atomic E-state index is 9.50. The first kappa shape index (κ1) is 11.8. The zero-order valence-electron chi connectivity index (χ0n) is 7.49. The summed E-state index contributed by atoms with van der Waals surface area (Å²) in [5.41, 5.74) is 0. The molecule has 3 N–H and O–H groups in total. The molecule has 0 rings (SSSR count). The van der Waals surface area contributed by atoms with Gasteiger partial charge in [0.1, 0.15) is 0 Å². The summed E-state index contributed by atoms with van der Waals surface area (Å²) in [7, 11) is 0. The fourth-order valence-electron chi connectivity index (χ4n) is 0.885. The molecule has 4 nitrogen and oxygen atoms in total. The summed E-state index contributed by atoms with van der Waals surface area (Å²) in [6.45, 7) is 1.48. The molecule has 0 fully saturated rings. The van der Waals surface area contributed by atoms with Crippen LogP contribution < -0.4 is 0 Å². The molecule has 74 valence electrons. The van der Waals surface area contributed by atoms with Crippen molar-refractivity contribution in [2.45, 2.75) is 32.0 Å². The minimum absolute atomic E-state index is 0.0563. The molecule has 0 spiro atoms. The Bertz CT molecular complexity index is 97.2. The minimum Gasteiger partial charge on any atom is -0.394 e. The van der Waals surface area contributed by atoms with Crippen LogP contribution in [0.3, 0.4) is 0 Å². The van der Waals surface area contributed by atoms with E-state index in [4.69, 9.17) is 14.9 Å². The molecule has 0 aromatic carbocycles. The van der Waals surface area contributed by atoms with Crippen LogP contribution >= 0.6 is 0 Å². The van der Waals surface area contributed by atoms with Gasteiger partial charge < -0.3 is 20.1 Å². The van der Waals surface area contributed by atoms with Crippen LogP contribution in [0.15, 0.2) is 0 Å². The number of aliphatic hydroxyl groups is 3. The van der Waals surface area contributed by atoms with E-state index in [1.54, 1.807) is 0 Å². The van der Waals surface area contributed by atoms with E-state index in [1.165, 1.54) is 0 Å². The number of unbranched alkanes of at least 4 members (excludes halogenated alkanes) is 1. The van der Waals surface area contributed by atoms with E-state index in [9.17, 15) is 5.11 Å². The maximum Gasteiger partial charge on any atom is 0.189 e. The number of rotatable bonds is 7. The summed E-state index contributed by atoms with van der Waals surface area (Å²) >= 11 is 0. The van der Waals surface area contributed by atoms with E-state index in [2.05, 4.69) is 0 Å². The van der Waals surface area contributed by atoms with Gasteiger partial charge >= 0.3 is 0 Å². The predicted molar refractivity (Wildman–Crippen MR) is 44.6 cm³/mol. The van der Waals surface area contributed by atoms with E-state index in [0.717, 1.165) is 12.8 Å². The van der Waals surface area contributed by atoms with Crippen LogP contribution in [0.5, 0.6) is 0 Å². The van der Waals surface area contributed by atoms with Crippen LogP contribution in [0.1, 0.15) is 26.2 Å². The van der Waals surface area contributed by atoms with Gasteiger partial charge in [-0.2, -0.15) is 0 Å². The Kier molecular flexibility index (Phi) is 6.28. The molecule has 0 bridgehead atoms. The van der Waals surface area contributed by atoms with Crippen molar-refractivity contribution >= 4 is 0 Å².